The summed E-state index contributed by atoms with van der Waals surface area (Å²) >= 11 is 1.23. The average Bonchev–Trinajstić information content (AvgIpc) is 2.71. The van der Waals surface area contributed by atoms with E-state index < -0.39 is 0 Å². The van der Waals surface area contributed by atoms with Gasteiger partial charge in [-0.3, -0.25) is 4.79 Å². The molecule has 0 fully saturated rings. The molecule has 0 aliphatic rings. The average molecular weight is 275 g/mol. The van der Waals surface area contributed by atoms with Crippen molar-refractivity contribution in [1.29, 1.82) is 0 Å². The van der Waals surface area contributed by atoms with Gasteiger partial charge in [-0.15, -0.1) is 0 Å². The van der Waals surface area contributed by atoms with Crippen molar-refractivity contribution in [2.45, 2.75) is 20.3 Å². The molecule has 0 aliphatic carbocycles. The molecule has 1 aromatic carbocycles. The predicted molar refractivity (Wildman–Crippen MR) is 78.5 cm³/mol. The van der Waals surface area contributed by atoms with E-state index in [0.717, 1.165) is 6.42 Å². The second-order valence-electron chi connectivity index (χ2n) is 4.40. The lowest BCUT2D eigenvalue weighted by molar-refractivity contribution is 0.0957. The smallest absolute Gasteiger partial charge is 0.263 e. The van der Waals surface area contributed by atoms with Crippen LogP contribution in [0.2, 0.25) is 0 Å². The number of nitrogen functional groups attached to an aromatic ring is 1. The molecule has 0 radical (unpaired) electrons. The maximum Gasteiger partial charge on any atom is 0.263 e. The molecule has 2 rings (SSSR count). The molecular weight excluding hydrogens is 258 g/mol. The van der Waals surface area contributed by atoms with E-state index in [9.17, 15) is 4.79 Å². The lowest BCUT2D eigenvalue weighted by Crippen LogP contribution is -2.25. The molecule has 5 heteroatoms. The van der Waals surface area contributed by atoms with Gasteiger partial charge in [0.25, 0.3) is 5.91 Å². The molecule has 0 aliphatic heterocycles. The van der Waals surface area contributed by atoms with Crippen molar-refractivity contribution in [2.75, 3.05) is 12.3 Å². The van der Waals surface area contributed by atoms with Crippen LogP contribution in [0.15, 0.2) is 24.3 Å². The van der Waals surface area contributed by atoms with Gasteiger partial charge in [0.2, 0.25) is 0 Å². The van der Waals surface area contributed by atoms with Gasteiger partial charge >= 0.3 is 0 Å². The van der Waals surface area contributed by atoms with E-state index in [0.29, 0.717) is 22.2 Å². The van der Waals surface area contributed by atoms with Crippen LogP contribution in [-0.4, -0.2) is 17.4 Å². The Labute approximate surface area is 116 Å². The zero-order chi connectivity index (χ0) is 13.8. The maximum atomic E-state index is 12.0. The lowest BCUT2D eigenvalue weighted by Gasteiger charge is -2.06. The molecule has 3 N–H and O–H groups in total. The molecule has 0 spiro atoms. The van der Waals surface area contributed by atoms with E-state index in [1.807, 2.05) is 12.1 Å². The number of benzene rings is 1. The van der Waals surface area contributed by atoms with E-state index in [-0.39, 0.29) is 5.91 Å². The molecule has 0 bridgehead atoms. The summed E-state index contributed by atoms with van der Waals surface area (Å²) in [6.07, 6.45) is 0.825. The van der Waals surface area contributed by atoms with Crippen LogP contribution in [-0.2, 0) is 6.42 Å². The lowest BCUT2D eigenvalue weighted by atomic mass is 10.1. The largest absolute Gasteiger partial charge is 0.375 e. The van der Waals surface area contributed by atoms with Crippen molar-refractivity contribution in [3.05, 3.63) is 46.0 Å². The third kappa shape index (κ3) is 3.32. The van der Waals surface area contributed by atoms with Crippen LogP contribution in [0.3, 0.4) is 0 Å². The number of carbonyl (C=O) groups excluding carboxylic acids is 1. The third-order valence-electron chi connectivity index (χ3n) is 2.96. The molecule has 4 nitrogen and oxygen atoms in total. The number of amides is 1. The molecule has 1 heterocycles. The third-order valence-corrected chi connectivity index (χ3v) is 3.95. The van der Waals surface area contributed by atoms with Gasteiger partial charge in [0.1, 0.15) is 4.88 Å². The Balaban J connectivity index is 1.91. The van der Waals surface area contributed by atoms with E-state index in [1.54, 1.807) is 6.92 Å². The molecular formula is C14H17N3OS. The Hall–Kier alpha value is -1.88. The van der Waals surface area contributed by atoms with Crippen LogP contribution in [0, 0.1) is 13.8 Å². The minimum absolute atomic E-state index is 0.0970. The normalized spacial score (nSPS) is 10.4. The van der Waals surface area contributed by atoms with Gasteiger partial charge in [-0.1, -0.05) is 35.6 Å². The SMILES string of the molecule is Cc1ccccc1CCNC(=O)c1sc(N)nc1C. The fourth-order valence-electron chi connectivity index (χ4n) is 1.91. The molecule has 100 valence electrons. The predicted octanol–water partition coefficient (Wildman–Crippen LogP) is 2.31. The molecule has 0 atom stereocenters. The van der Waals surface area contributed by atoms with Crippen molar-refractivity contribution in [2.24, 2.45) is 0 Å². The first-order chi connectivity index (χ1) is 9.08. The number of rotatable bonds is 4. The quantitative estimate of drug-likeness (QED) is 0.899. The van der Waals surface area contributed by atoms with Crippen LogP contribution in [0.4, 0.5) is 5.13 Å². The summed E-state index contributed by atoms with van der Waals surface area (Å²) in [7, 11) is 0. The molecule has 0 saturated carbocycles. The van der Waals surface area contributed by atoms with Crippen molar-refractivity contribution in [3.8, 4) is 0 Å². The standard InChI is InChI=1S/C14H17N3OS/c1-9-5-3-4-6-11(9)7-8-16-13(18)12-10(2)17-14(15)19-12/h3-6H,7-8H2,1-2H3,(H2,15,17)(H,16,18). The molecule has 2 aromatic rings. The van der Waals surface area contributed by atoms with Crippen molar-refractivity contribution < 1.29 is 4.79 Å². The van der Waals surface area contributed by atoms with Crippen molar-refractivity contribution in [1.82, 2.24) is 10.3 Å². The highest BCUT2D eigenvalue weighted by Gasteiger charge is 2.13. The first kappa shape index (κ1) is 13.5. The molecule has 1 amide bonds. The molecule has 1 aromatic heterocycles. The van der Waals surface area contributed by atoms with Gasteiger partial charge in [0, 0.05) is 6.54 Å². The summed E-state index contributed by atoms with van der Waals surface area (Å²) in [5.41, 5.74) is 8.77. The van der Waals surface area contributed by atoms with Crippen LogP contribution < -0.4 is 11.1 Å². The number of anilines is 1. The Bertz CT molecular complexity index is 592. The zero-order valence-corrected chi connectivity index (χ0v) is 11.9. The summed E-state index contributed by atoms with van der Waals surface area (Å²) in [6, 6.07) is 8.18. The van der Waals surface area contributed by atoms with E-state index in [2.05, 4.69) is 29.4 Å². The summed E-state index contributed by atoms with van der Waals surface area (Å²) < 4.78 is 0. The Kier molecular flexibility index (Phi) is 4.16. The summed E-state index contributed by atoms with van der Waals surface area (Å²) in [6.45, 7) is 4.48. The number of aryl methyl sites for hydroxylation is 2. The maximum absolute atomic E-state index is 12.0. The number of aromatic nitrogens is 1. The Morgan fingerprint density at radius 3 is 2.74 bits per heavy atom. The second kappa shape index (κ2) is 5.84. The van der Waals surface area contributed by atoms with E-state index >= 15 is 0 Å². The fraction of sp³-hybridized carbons (Fsp3) is 0.286. The summed E-state index contributed by atoms with van der Waals surface area (Å²) in [4.78, 5) is 16.6. The Morgan fingerprint density at radius 1 is 1.37 bits per heavy atom. The van der Waals surface area contributed by atoms with Gasteiger partial charge in [0.15, 0.2) is 5.13 Å². The van der Waals surface area contributed by atoms with Crippen LogP contribution >= 0.6 is 11.3 Å². The van der Waals surface area contributed by atoms with E-state index in [1.165, 1.54) is 22.5 Å². The number of hydrogen-bond donors (Lipinski definition) is 2. The van der Waals surface area contributed by atoms with Gasteiger partial charge in [0.05, 0.1) is 5.69 Å². The number of thiazole rings is 1. The highest BCUT2D eigenvalue weighted by Crippen LogP contribution is 2.19. The van der Waals surface area contributed by atoms with Gasteiger partial charge in [-0.05, 0) is 31.4 Å². The van der Waals surface area contributed by atoms with Crippen molar-refractivity contribution >= 4 is 22.4 Å². The number of carbonyl (C=O) groups is 1. The summed E-state index contributed by atoms with van der Waals surface area (Å²) in [5.74, 6) is -0.0970. The highest BCUT2D eigenvalue weighted by molar-refractivity contribution is 7.17. The number of nitrogens with two attached hydrogens (primary N) is 1. The van der Waals surface area contributed by atoms with Crippen LogP contribution in [0.1, 0.15) is 26.5 Å². The summed E-state index contributed by atoms with van der Waals surface area (Å²) in [5, 5.41) is 3.34. The van der Waals surface area contributed by atoms with Gasteiger partial charge in [-0.2, -0.15) is 0 Å². The number of nitrogens with one attached hydrogen (secondary N) is 1. The topological polar surface area (TPSA) is 68.0 Å². The monoisotopic (exact) mass is 275 g/mol. The van der Waals surface area contributed by atoms with Crippen LogP contribution in [0.5, 0.6) is 0 Å². The number of hydrogen-bond acceptors (Lipinski definition) is 4. The van der Waals surface area contributed by atoms with Crippen LogP contribution in [0.25, 0.3) is 0 Å². The first-order valence-corrected chi connectivity index (χ1v) is 6.95. The molecule has 19 heavy (non-hydrogen) atoms. The molecule has 0 unspecified atom stereocenters. The number of nitrogens with zero attached hydrogens (tertiary/aromatic N) is 1. The molecule has 0 saturated heterocycles. The second-order valence-corrected chi connectivity index (χ2v) is 5.43. The minimum Gasteiger partial charge on any atom is -0.375 e. The highest BCUT2D eigenvalue weighted by atomic mass is 32.1. The fourth-order valence-corrected chi connectivity index (χ4v) is 2.66. The zero-order valence-electron chi connectivity index (χ0n) is 11.1. The first-order valence-electron chi connectivity index (χ1n) is 6.13. The van der Waals surface area contributed by atoms with E-state index in [4.69, 9.17) is 5.73 Å². The van der Waals surface area contributed by atoms with Gasteiger partial charge in [-0.25, -0.2) is 4.98 Å². The Morgan fingerprint density at radius 2 is 2.11 bits per heavy atom. The van der Waals surface area contributed by atoms with Crippen molar-refractivity contribution in [3.63, 3.8) is 0 Å². The minimum atomic E-state index is -0.0970. The van der Waals surface area contributed by atoms with Gasteiger partial charge < -0.3 is 11.1 Å².